The maximum Gasteiger partial charge on any atom is 0.333 e. The van der Waals surface area contributed by atoms with Gasteiger partial charge in [0.2, 0.25) is 11.8 Å². The fraction of sp³-hybridized carbons (Fsp3) is 0.353. The molecular formula is C17H20N2O5S. The quantitative estimate of drug-likeness (QED) is 0.613. The molecular weight excluding hydrogens is 344 g/mol. The number of nitrogens with one attached hydrogen (secondary N) is 1. The highest BCUT2D eigenvalue weighted by Gasteiger charge is 2.29. The standard InChI is InChI=1S/C17H20N2O5S/c1-4-24-17(22)8-16-19(15(21)10-25-16)9-14(20)18-12-7-11(2)5-6-13(12)23-3/h5-8H,4,9-10H2,1-3H3,(H,18,20)/b16-8-. The molecule has 1 aliphatic rings. The number of carbonyl (C=O) groups excluding carboxylic acids is 3. The number of carbonyl (C=O) groups is 3. The highest BCUT2D eigenvalue weighted by molar-refractivity contribution is 8.04. The lowest BCUT2D eigenvalue weighted by Crippen LogP contribution is -2.34. The van der Waals surface area contributed by atoms with Crippen LogP contribution in [0.5, 0.6) is 5.75 Å². The second-order valence-corrected chi connectivity index (χ2v) is 6.25. The lowest BCUT2D eigenvalue weighted by atomic mass is 10.2. The van der Waals surface area contributed by atoms with Crippen molar-refractivity contribution in [1.29, 1.82) is 0 Å². The van der Waals surface area contributed by atoms with Crippen LogP contribution in [0.1, 0.15) is 12.5 Å². The number of methoxy groups -OCH3 is 1. The van der Waals surface area contributed by atoms with E-state index in [1.807, 2.05) is 13.0 Å². The van der Waals surface area contributed by atoms with Gasteiger partial charge in [0.05, 0.1) is 36.3 Å². The third-order valence-electron chi connectivity index (χ3n) is 3.37. The van der Waals surface area contributed by atoms with Crippen LogP contribution < -0.4 is 10.1 Å². The minimum Gasteiger partial charge on any atom is -0.495 e. The summed E-state index contributed by atoms with van der Waals surface area (Å²) in [6.45, 7) is 3.66. The van der Waals surface area contributed by atoms with Crippen molar-refractivity contribution in [2.75, 3.05) is 31.3 Å². The van der Waals surface area contributed by atoms with E-state index < -0.39 is 5.97 Å². The lowest BCUT2D eigenvalue weighted by Gasteiger charge is -2.17. The second kappa shape index (κ2) is 8.57. The summed E-state index contributed by atoms with van der Waals surface area (Å²) in [4.78, 5) is 37.2. The summed E-state index contributed by atoms with van der Waals surface area (Å²) < 4.78 is 10.1. The number of rotatable bonds is 6. The van der Waals surface area contributed by atoms with E-state index in [0.29, 0.717) is 16.5 Å². The summed E-state index contributed by atoms with van der Waals surface area (Å²) in [5, 5.41) is 3.15. The van der Waals surface area contributed by atoms with Gasteiger partial charge >= 0.3 is 5.97 Å². The van der Waals surface area contributed by atoms with E-state index in [1.165, 1.54) is 29.8 Å². The molecule has 2 rings (SSSR count). The van der Waals surface area contributed by atoms with Crippen LogP contribution in [0.2, 0.25) is 0 Å². The Morgan fingerprint density at radius 3 is 2.84 bits per heavy atom. The molecule has 8 heteroatoms. The van der Waals surface area contributed by atoms with E-state index in [4.69, 9.17) is 9.47 Å². The van der Waals surface area contributed by atoms with Gasteiger partial charge in [-0.3, -0.25) is 14.5 Å². The van der Waals surface area contributed by atoms with Gasteiger partial charge in [0.15, 0.2) is 0 Å². The molecule has 1 heterocycles. The van der Waals surface area contributed by atoms with Gasteiger partial charge in [0.1, 0.15) is 12.3 Å². The molecule has 1 aliphatic heterocycles. The number of thioether (sulfide) groups is 1. The number of hydrogen-bond donors (Lipinski definition) is 1. The summed E-state index contributed by atoms with van der Waals surface area (Å²) in [5.74, 6) is -0.429. The minimum atomic E-state index is -0.537. The molecule has 134 valence electrons. The van der Waals surface area contributed by atoms with Gasteiger partial charge in [-0.1, -0.05) is 17.8 Å². The number of aryl methyl sites for hydroxylation is 1. The second-order valence-electron chi connectivity index (χ2n) is 5.26. The van der Waals surface area contributed by atoms with E-state index >= 15 is 0 Å². The molecule has 1 aromatic carbocycles. The molecule has 2 amide bonds. The molecule has 0 atom stereocenters. The van der Waals surface area contributed by atoms with Gasteiger partial charge in [-0.05, 0) is 31.5 Å². The Labute approximate surface area is 150 Å². The Morgan fingerprint density at radius 1 is 1.40 bits per heavy atom. The first-order valence-corrected chi connectivity index (χ1v) is 8.69. The third kappa shape index (κ3) is 4.99. The van der Waals surface area contributed by atoms with Crippen molar-refractivity contribution in [2.24, 2.45) is 0 Å². The van der Waals surface area contributed by atoms with Crippen LogP contribution in [0, 0.1) is 6.92 Å². The normalized spacial score (nSPS) is 15.4. The van der Waals surface area contributed by atoms with Gasteiger partial charge in [-0.25, -0.2) is 4.79 Å². The van der Waals surface area contributed by atoms with Gasteiger partial charge in [0.25, 0.3) is 0 Å². The van der Waals surface area contributed by atoms with Crippen molar-refractivity contribution in [3.63, 3.8) is 0 Å². The zero-order valence-corrected chi connectivity index (χ0v) is 15.1. The highest BCUT2D eigenvalue weighted by atomic mass is 32.2. The SMILES string of the molecule is CCOC(=O)/C=C1\SCC(=O)N1CC(=O)Nc1cc(C)ccc1OC. The van der Waals surface area contributed by atoms with E-state index in [1.54, 1.807) is 19.1 Å². The van der Waals surface area contributed by atoms with E-state index in [-0.39, 0.29) is 30.7 Å². The van der Waals surface area contributed by atoms with Crippen molar-refractivity contribution in [3.8, 4) is 5.75 Å². The minimum absolute atomic E-state index is 0.186. The first-order valence-electron chi connectivity index (χ1n) is 7.70. The summed E-state index contributed by atoms with van der Waals surface area (Å²) in [5.41, 5.74) is 1.49. The summed E-state index contributed by atoms with van der Waals surface area (Å²) in [6, 6.07) is 5.41. The monoisotopic (exact) mass is 364 g/mol. The number of ether oxygens (including phenoxy) is 2. The van der Waals surface area contributed by atoms with Gasteiger partial charge in [-0.15, -0.1) is 0 Å². The van der Waals surface area contributed by atoms with Gasteiger partial charge in [0, 0.05) is 0 Å². The summed E-state index contributed by atoms with van der Waals surface area (Å²) in [7, 11) is 1.52. The number of amides is 2. The Hall–Kier alpha value is -2.48. The van der Waals surface area contributed by atoms with Gasteiger partial charge < -0.3 is 14.8 Å². The summed E-state index contributed by atoms with van der Waals surface area (Å²) >= 11 is 1.20. The molecule has 0 aromatic heterocycles. The van der Waals surface area contributed by atoms with Crippen molar-refractivity contribution >= 4 is 35.2 Å². The predicted molar refractivity (Wildman–Crippen MR) is 95.2 cm³/mol. The molecule has 25 heavy (non-hydrogen) atoms. The number of nitrogens with zero attached hydrogens (tertiary/aromatic N) is 1. The number of anilines is 1. The van der Waals surface area contributed by atoms with Crippen LogP contribution in [0.3, 0.4) is 0 Å². The molecule has 1 fully saturated rings. The predicted octanol–water partition coefficient (Wildman–Crippen LogP) is 1.92. The third-order valence-corrected chi connectivity index (χ3v) is 4.39. The highest BCUT2D eigenvalue weighted by Crippen LogP contribution is 2.29. The van der Waals surface area contributed by atoms with Crippen molar-refractivity contribution in [2.45, 2.75) is 13.8 Å². The van der Waals surface area contributed by atoms with Crippen LogP contribution in [-0.4, -0.2) is 48.7 Å². The molecule has 0 spiro atoms. The van der Waals surface area contributed by atoms with Crippen LogP contribution in [0.25, 0.3) is 0 Å². The Kier molecular flexibility index (Phi) is 6.46. The fourth-order valence-corrected chi connectivity index (χ4v) is 3.17. The first-order chi connectivity index (χ1) is 11.9. The molecule has 1 N–H and O–H groups in total. The van der Waals surface area contributed by atoms with E-state index in [0.717, 1.165) is 5.56 Å². The fourth-order valence-electron chi connectivity index (χ4n) is 2.24. The van der Waals surface area contributed by atoms with Crippen LogP contribution >= 0.6 is 11.8 Å². The first kappa shape index (κ1) is 18.9. The molecule has 0 unspecified atom stereocenters. The maximum absolute atomic E-state index is 12.3. The number of benzene rings is 1. The Bertz CT molecular complexity index is 717. The van der Waals surface area contributed by atoms with Crippen molar-refractivity contribution in [3.05, 3.63) is 34.9 Å². The Balaban J connectivity index is 2.09. The van der Waals surface area contributed by atoms with E-state index in [9.17, 15) is 14.4 Å². The van der Waals surface area contributed by atoms with Crippen molar-refractivity contribution in [1.82, 2.24) is 4.90 Å². The number of hydrogen-bond acceptors (Lipinski definition) is 6. The molecule has 1 aromatic rings. The van der Waals surface area contributed by atoms with Crippen LogP contribution in [0.4, 0.5) is 5.69 Å². The maximum atomic E-state index is 12.3. The zero-order valence-electron chi connectivity index (χ0n) is 14.3. The zero-order chi connectivity index (χ0) is 18.4. The molecule has 0 aliphatic carbocycles. The molecule has 0 saturated carbocycles. The molecule has 0 bridgehead atoms. The van der Waals surface area contributed by atoms with Crippen LogP contribution in [-0.2, 0) is 19.1 Å². The topological polar surface area (TPSA) is 84.9 Å². The largest absolute Gasteiger partial charge is 0.495 e. The average molecular weight is 364 g/mol. The average Bonchev–Trinajstić information content (AvgIpc) is 2.88. The summed E-state index contributed by atoms with van der Waals surface area (Å²) in [6.07, 6.45) is 1.24. The number of esters is 1. The van der Waals surface area contributed by atoms with E-state index in [2.05, 4.69) is 5.32 Å². The molecule has 1 saturated heterocycles. The van der Waals surface area contributed by atoms with Crippen LogP contribution in [0.15, 0.2) is 29.3 Å². The molecule has 0 radical (unpaired) electrons. The Morgan fingerprint density at radius 2 is 2.16 bits per heavy atom. The van der Waals surface area contributed by atoms with Gasteiger partial charge in [-0.2, -0.15) is 0 Å². The van der Waals surface area contributed by atoms with Crippen molar-refractivity contribution < 1.29 is 23.9 Å². The smallest absolute Gasteiger partial charge is 0.333 e. The lowest BCUT2D eigenvalue weighted by molar-refractivity contribution is -0.137. The molecule has 7 nitrogen and oxygen atoms in total.